The zero-order chi connectivity index (χ0) is 9.52. The second-order valence-electron chi connectivity index (χ2n) is 3.02. The molecule has 1 aromatic rings. The van der Waals surface area contributed by atoms with E-state index in [1.165, 1.54) is 4.88 Å². The van der Waals surface area contributed by atoms with Gasteiger partial charge < -0.3 is 10.1 Å². The first-order chi connectivity index (χ1) is 6.36. The van der Waals surface area contributed by atoms with Gasteiger partial charge in [0, 0.05) is 24.6 Å². The van der Waals surface area contributed by atoms with E-state index in [0.717, 1.165) is 19.6 Å². The Morgan fingerprint density at radius 1 is 1.62 bits per heavy atom. The molecule has 0 spiro atoms. The summed E-state index contributed by atoms with van der Waals surface area (Å²) in [5.74, 6) is 0. The van der Waals surface area contributed by atoms with Gasteiger partial charge in [0.1, 0.15) is 0 Å². The molecule has 1 aromatic heterocycles. The minimum atomic E-state index is 0.479. The number of methoxy groups -OCH3 is 1. The van der Waals surface area contributed by atoms with Crippen molar-refractivity contribution in [3.8, 4) is 0 Å². The van der Waals surface area contributed by atoms with Gasteiger partial charge >= 0.3 is 0 Å². The Labute approximate surface area is 83.9 Å². The predicted octanol–water partition coefficient (Wildman–Crippen LogP) is 2.26. The van der Waals surface area contributed by atoms with Crippen molar-refractivity contribution < 1.29 is 4.74 Å². The number of hydrogen-bond donors (Lipinski definition) is 1. The summed E-state index contributed by atoms with van der Waals surface area (Å²) in [6, 6.07) is 4.71. The van der Waals surface area contributed by atoms with E-state index in [1.54, 1.807) is 18.4 Å². The maximum absolute atomic E-state index is 5.11. The quantitative estimate of drug-likeness (QED) is 0.759. The van der Waals surface area contributed by atoms with E-state index in [1.807, 2.05) is 0 Å². The van der Waals surface area contributed by atoms with Crippen LogP contribution in [0, 0.1) is 0 Å². The van der Waals surface area contributed by atoms with E-state index < -0.39 is 0 Å². The molecule has 2 nitrogen and oxygen atoms in total. The Hall–Kier alpha value is -0.380. The molecule has 0 amide bonds. The van der Waals surface area contributed by atoms with Crippen molar-refractivity contribution in [1.29, 1.82) is 0 Å². The summed E-state index contributed by atoms with van der Waals surface area (Å²) in [5.41, 5.74) is 0. The molecule has 0 aliphatic rings. The van der Waals surface area contributed by atoms with Crippen LogP contribution in [0.4, 0.5) is 0 Å². The SMILES string of the molecule is CC[C@@H](COC)NCc1cccs1. The largest absolute Gasteiger partial charge is 0.383 e. The van der Waals surface area contributed by atoms with Gasteiger partial charge in [0.2, 0.25) is 0 Å². The molecule has 0 unspecified atom stereocenters. The lowest BCUT2D eigenvalue weighted by atomic mass is 10.2. The highest BCUT2D eigenvalue weighted by atomic mass is 32.1. The lowest BCUT2D eigenvalue weighted by Gasteiger charge is -2.14. The minimum absolute atomic E-state index is 0.479. The maximum atomic E-state index is 5.11. The van der Waals surface area contributed by atoms with Gasteiger partial charge in [-0.3, -0.25) is 0 Å². The zero-order valence-corrected chi connectivity index (χ0v) is 9.06. The third-order valence-corrected chi connectivity index (χ3v) is 2.88. The van der Waals surface area contributed by atoms with Crippen LogP contribution in [-0.2, 0) is 11.3 Å². The first-order valence-electron chi connectivity index (χ1n) is 4.61. The smallest absolute Gasteiger partial charge is 0.0615 e. The fourth-order valence-electron chi connectivity index (χ4n) is 1.18. The van der Waals surface area contributed by atoms with E-state index in [-0.39, 0.29) is 0 Å². The van der Waals surface area contributed by atoms with Crippen molar-refractivity contribution in [1.82, 2.24) is 5.32 Å². The van der Waals surface area contributed by atoms with Gasteiger partial charge in [0.25, 0.3) is 0 Å². The topological polar surface area (TPSA) is 21.3 Å². The molecule has 1 N–H and O–H groups in total. The number of thiophene rings is 1. The molecule has 0 fully saturated rings. The number of ether oxygens (including phenoxy) is 1. The predicted molar refractivity (Wildman–Crippen MR) is 57.1 cm³/mol. The third-order valence-electron chi connectivity index (χ3n) is 2.01. The highest BCUT2D eigenvalue weighted by Crippen LogP contribution is 2.08. The molecule has 13 heavy (non-hydrogen) atoms. The van der Waals surface area contributed by atoms with Crippen LogP contribution in [0.15, 0.2) is 17.5 Å². The van der Waals surface area contributed by atoms with Crippen LogP contribution in [0.3, 0.4) is 0 Å². The molecule has 0 radical (unpaired) electrons. The summed E-state index contributed by atoms with van der Waals surface area (Å²) < 4.78 is 5.11. The summed E-state index contributed by atoms with van der Waals surface area (Å²) in [5, 5.41) is 5.56. The Bertz CT molecular complexity index is 211. The van der Waals surface area contributed by atoms with Gasteiger partial charge in [0.15, 0.2) is 0 Å². The number of rotatable bonds is 6. The van der Waals surface area contributed by atoms with Gasteiger partial charge in [-0.05, 0) is 17.9 Å². The molecule has 0 bridgehead atoms. The van der Waals surface area contributed by atoms with Crippen molar-refractivity contribution in [3.05, 3.63) is 22.4 Å². The highest BCUT2D eigenvalue weighted by Gasteiger charge is 2.04. The molecule has 1 rings (SSSR count). The van der Waals surface area contributed by atoms with Crippen molar-refractivity contribution >= 4 is 11.3 Å². The first kappa shape index (κ1) is 10.7. The number of hydrogen-bond acceptors (Lipinski definition) is 3. The summed E-state index contributed by atoms with van der Waals surface area (Å²) in [4.78, 5) is 1.38. The fourth-order valence-corrected chi connectivity index (χ4v) is 1.84. The van der Waals surface area contributed by atoms with Crippen LogP contribution in [0.25, 0.3) is 0 Å². The highest BCUT2D eigenvalue weighted by molar-refractivity contribution is 7.09. The molecule has 0 aromatic carbocycles. The van der Waals surface area contributed by atoms with E-state index in [0.29, 0.717) is 6.04 Å². The average Bonchev–Trinajstić information content (AvgIpc) is 2.64. The maximum Gasteiger partial charge on any atom is 0.0615 e. The molecular weight excluding hydrogens is 182 g/mol. The second-order valence-corrected chi connectivity index (χ2v) is 4.05. The summed E-state index contributed by atoms with van der Waals surface area (Å²) >= 11 is 1.79. The van der Waals surface area contributed by atoms with E-state index in [9.17, 15) is 0 Å². The van der Waals surface area contributed by atoms with Crippen LogP contribution < -0.4 is 5.32 Å². The van der Waals surface area contributed by atoms with Crippen molar-refractivity contribution in [2.45, 2.75) is 25.9 Å². The van der Waals surface area contributed by atoms with Crippen LogP contribution >= 0.6 is 11.3 Å². The summed E-state index contributed by atoms with van der Waals surface area (Å²) in [6.45, 7) is 3.92. The lowest BCUT2D eigenvalue weighted by Crippen LogP contribution is -2.31. The van der Waals surface area contributed by atoms with Crippen LogP contribution in [0.5, 0.6) is 0 Å². The van der Waals surface area contributed by atoms with Crippen molar-refractivity contribution in [2.75, 3.05) is 13.7 Å². The molecular formula is C10H17NOS. The molecule has 3 heteroatoms. The van der Waals surface area contributed by atoms with Gasteiger partial charge in [-0.1, -0.05) is 13.0 Å². The Morgan fingerprint density at radius 3 is 3.00 bits per heavy atom. The minimum Gasteiger partial charge on any atom is -0.383 e. The van der Waals surface area contributed by atoms with Crippen molar-refractivity contribution in [3.63, 3.8) is 0 Å². The lowest BCUT2D eigenvalue weighted by molar-refractivity contribution is 0.164. The fraction of sp³-hybridized carbons (Fsp3) is 0.600. The standard InChI is InChI=1S/C10H17NOS/c1-3-9(8-12-2)11-7-10-5-4-6-13-10/h4-6,9,11H,3,7-8H2,1-2H3/t9-/m0/s1. The van der Waals surface area contributed by atoms with Crippen LogP contribution in [0.1, 0.15) is 18.2 Å². The first-order valence-corrected chi connectivity index (χ1v) is 5.49. The number of nitrogens with one attached hydrogen (secondary N) is 1. The zero-order valence-electron chi connectivity index (χ0n) is 8.25. The molecule has 0 saturated heterocycles. The third kappa shape index (κ3) is 3.89. The normalized spacial score (nSPS) is 13.1. The van der Waals surface area contributed by atoms with Crippen LogP contribution in [-0.4, -0.2) is 19.8 Å². The monoisotopic (exact) mass is 199 g/mol. The summed E-state index contributed by atoms with van der Waals surface area (Å²) in [6.07, 6.45) is 1.11. The van der Waals surface area contributed by atoms with Gasteiger partial charge in [-0.15, -0.1) is 11.3 Å². The Balaban J connectivity index is 2.23. The second kappa shape index (κ2) is 6.13. The molecule has 0 saturated carbocycles. The van der Waals surface area contributed by atoms with E-state index >= 15 is 0 Å². The van der Waals surface area contributed by atoms with Gasteiger partial charge in [-0.25, -0.2) is 0 Å². The molecule has 0 aliphatic heterocycles. The average molecular weight is 199 g/mol. The van der Waals surface area contributed by atoms with Gasteiger partial charge in [-0.2, -0.15) is 0 Å². The molecule has 1 heterocycles. The molecule has 0 aliphatic carbocycles. The van der Waals surface area contributed by atoms with E-state index in [2.05, 4.69) is 29.8 Å². The Morgan fingerprint density at radius 2 is 2.46 bits per heavy atom. The van der Waals surface area contributed by atoms with E-state index in [4.69, 9.17) is 4.74 Å². The van der Waals surface area contributed by atoms with Crippen LogP contribution in [0.2, 0.25) is 0 Å². The molecule has 74 valence electrons. The Kier molecular flexibility index (Phi) is 5.05. The van der Waals surface area contributed by atoms with Crippen molar-refractivity contribution in [2.24, 2.45) is 0 Å². The summed E-state index contributed by atoms with van der Waals surface area (Å²) in [7, 11) is 1.75. The van der Waals surface area contributed by atoms with Gasteiger partial charge in [0.05, 0.1) is 6.61 Å². The molecule has 1 atom stereocenters.